The molecule has 1 heterocycles. The first kappa shape index (κ1) is 16.9. The maximum Gasteiger partial charge on any atom is 0.200 e. The molecular weight excluding hydrogens is 336 g/mol. The molecule has 0 radical (unpaired) electrons. The van der Waals surface area contributed by atoms with E-state index in [1.54, 1.807) is 18.2 Å². The van der Waals surface area contributed by atoms with Gasteiger partial charge in [0.05, 0.1) is 10.9 Å². The lowest BCUT2D eigenvalue weighted by Crippen LogP contribution is -2.05. The monoisotopic (exact) mass is 354 g/mol. The Labute approximate surface area is 157 Å². The van der Waals surface area contributed by atoms with Gasteiger partial charge in [-0.3, -0.25) is 4.79 Å². The van der Waals surface area contributed by atoms with Crippen LogP contribution in [0.1, 0.15) is 5.56 Å². The van der Waals surface area contributed by atoms with E-state index in [9.17, 15) is 4.79 Å². The molecule has 4 aromatic rings. The molecule has 0 unspecified atom stereocenters. The summed E-state index contributed by atoms with van der Waals surface area (Å²) in [6, 6.07) is 24.9. The molecule has 0 aliphatic carbocycles. The van der Waals surface area contributed by atoms with Gasteiger partial charge in [-0.2, -0.15) is 0 Å². The molecule has 4 rings (SSSR count). The average Bonchev–Trinajstić information content (AvgIpc) is 2.73. The molecule has 0 amide bonds. The van der Waals surface area contributed by atoms with Gasteiger partial charge in [0.15, 0.2) is 5.43 Å². The Morgan fingerprint density at radius 3 is 2.41 bits per heavy atom. The Morgan fingerprint density at radius 2 is 1.63 bits per heavy atom. The molecule has 132 valence electrons. The molecule has 27 heavy (non-hydrogen) atoms. The van der Waals surface area contributed by atoms with Crippen LogP contribution in [0.15, 0.2) is 100 Å². The van der Waals surface area contributed by atoms with E-state index in [0.717, 1.165) is 11.1 Å². The van der Waals surface area contributed by atoms with Crippen LogP contribution >= 0.6 is 0 Å². The van der Waals surface area contributed by atoms with Crippen molar-refractivity contribution in [1.82, 2.24) is 0 Å². The van der Waals surface area contributed by atoms with Crippen molar-refractivity contribution in [3.63, 3.8) is 0 Å². The fourth-order valence-electron chi connectivity index (χ4n) is 2.91. The maximum absolute atomic E-state index is 12.7. The van der Waals surface area contributed by atoms with E-state index in [-0.39, 0.29) is 5.43 Å². The van der Waals surface area contributed by atoms with Crippen molar-refractivity contribution < 1.29 is 9.15 Å². The van der Waals surface area contributed by atoms with Crippen LogP contribution in [0.5, 0.6) is 5.75 Å². The maximum atomic E-state index is 12.7. The van der Waals surface area contributed by atoms with Gasteiger partial charge in [-0.25, -0.2) is 0 Å². The molecule has 0 aliphatic heterocycles. The smallest absolute Gasteiger partial charge is 0.200 e. The van der Waals surface area contributed by atoms with Gasteiger partial charge in [-0.1, -0.05) is 66.7 Å². The number of benzene rings is 3. The van der Waals surface area contributed by atoms with E-state index in [2.05, 4.69) is 0 Å². The summed E-state index contributed by atoms with van der Waals surface area (Å²) < 4.78 is 11.4. The van der Waals surface area contributed by atoms with E-state index in [0.29, 0.717) is 28.9 Å². The number of hydrogen-bond donors (Lipinski definition) is 0. The molecule has 0 saturated carbocycles. The molecule has 0 N–H and O–H groups in total. The van der Waals surface area contributed by atoms with Crippen molar-refractivity contribution in [2.75, 3.05) is 6.61 Å². The highest BCUT2D eigenvalue weighted by Gasteiger charge is 2.09. The van der Waals surface area contributed by atoms with Gasteiger partial charge in [-0.15, -0.1) is 0 Å². The minimum Gasteiger partial charge on any atom is -0.489 e. The quantitative estimate of drug-likeness (QED) is 0.471. The van der Waals surface area contributed by atoms with Crippen molar-refractivity contribution in [3.05, 3.63) is 107 Å². The second-order valence-corrected chi connectivity index (χ2v) is 6.13. The van der Waals surface area contributed by atoms with Crippen LogP contribution in [-0.2, 0) is 0 Å². The summed E-state index contributed by atoms with van der Waals surface area (Å²) in [5, 5.41) is 0.545. The first-order chi connectivity index (χ1) is 13.3. The highest BCUT2D eigenvalue weighted by Crippen LogP contribution is 2.23. The van der Waals surface area contributed by atoms with Crippen molar-refractivity contribution >= 4 is 17.0 Å². The van der Waals surface area contributed by atoms with Gasteiger partial charge in [0.25, 0.3) is 0 Å². The average molecular weight is 354 g/mol. The number of ether oxygens (including phenoxy) is 1. The van der Waals surface area contributed by atoms with Gasteiger partial charge in [0.2, 0.25) is 0 Å². The lowest BCUT2D eigenvalue weighted by molar-refractivity contribution is 0.363. The molecule has 3 heteroatoms. The van der Waals surface area contributed by atoms with Gasteiger partial charge < -0.3 is 9.15 Å². The lowest BCUT2D eigenvalue weighted by atomic mass is 10.1. The van der Waals surface area contributed by atoms with Gasteiger partial charge >= 0.3 is 0 Å². The van der Waals surface area contributed by atoms with Crippen LogP contribution in [0.2, 0.25) is 0 Å². The van der Waals surface area contributed by atoms with Crippen molar-refractivity contribution in [1.29, 1.82) is 0 Å². The van der Waals surface area contributed by atoms with E-state index >= 15 is 0 Å². The lowest BCUT2D eigenvalue weighted by Gasteiger charge is -2.06. The summed E-state index contributed by atoms with van der Waals surface area (Å²) in [7, 11) is 0. The highest BCUT2D eigenvalue weighted by molar-refractivity contribution is 5.82. The molecule has 0 bridgehead atoms. The van der Waals surface area contributed by atoms with E-state index < -0.39 is 0 Å². The Hall–Kier alpha value is -3.59. The second kappa shape index (κ2) is 7.75. The Balaban J connectivity index is 1.53. The third-order valence-electron chi connectivity index (χ3n) is 4.29. The van der Waals surface area contributed by atoms with Gasteiger partial charge in [-0.05, 0) is 29.3 Å². The minimum atomic E-state index is -0.0435. The predicted octanol–water partition coefficient (Wildman–Crippen LogP) is 5.55. The molecule has 3 nitrogen and oxygen atoms in total. The molecule has 1 aromatic heterocycles. The standard InChI is InChI=1S/C24H18O3/c25-24-21-14-13-20(26-15-7-10-18-8-3-1-4-9-18)16-23(21)27-17-22(24)19-11-5-2-6-12-19/h1-14,16-17H,15H2/b10-7+. The number of rotatable bonds is 5. The highest BCUT2D eigenvalue weighted by atomic mass is 16.5. The van der Waals surface area contributed by atoms with Crippen LogP contribution in [0.4, 0.5) is 0 Å². The first-order valence-electron chi connectivity index (χ1n) is 8.77. The molecule has 0 aliphatic rings. The topological polar surface area (TPSA) is 39.4 Å². The van der Waals surface area contributed by atoms with E-state index in [1.807, 2.05) is 72.8 Å². The second-order valence-electron chi connectivity index (χ2n) is 6.13. The van der Waals surface area contributed by atoms with Crippen LogP contribution < -0.4 is 10.2 Å². The summed E-state index contributed by atoms with van der Waals surface area (Å²) >= 11 is 0. The predicted molar refractivity (Wildman–Crippen MR) is 109 cm³/mol. The summed E-state index contributed by atoms with van der Waals surface area (Å²) in [5.41, 5.74) is 3.00. The minimum absolute atomic E-state index is 0.0435. The first-order valence-corrected chi connectivity index (χ1v) is 8.77. The Bertz CT molecular complexity index is 1130. The Morgan fingerprint density at radius 1 is 0.889 bits per heavy atom. The van der Waals surface area contributed by atoms with Crippen molar-refractivity contribution in [3.8, 4) is 16.9 Å². The third kappa shape index (κ3) is 3.82. The summed E-state index contributed by atoms with van der Waals surface area (Å²) in [6.45, 7) is 0.437. The summed E-state index contributed by atoms with van der Waals surface area (Å²) in [6.07, 6.45) is 5.47. The van der Waals surface area contributed by atoms with Crippen LogP contribution in [0, 0.1) is 0 Å². The molecular formula is C24H18O3. The molecule has 0 fully saturated rings. The van der Waals surface area contributed by atoms with Gasteiger partial charge in [0.1, 0.15) is 24.2 Å². The Kier molecular flexibility index (Phi) is 4.84. The molecule has 0 atom stereocenters. The number of hydrogen-bond acceptors (Lipinski definition) is 3. The van der Waals surface area contributed by atoms with Crippen LogP contribution in [-0.4, -0.2) is 6.61 Å². The fraction of sp³-hybridized carbons (Fsp3) is 0.0417. The number of fused-ring (bicyclic) bond motifs is 1. The van der Waals surface area contributed by atoms with E-state index in [4.69, 9.17) is 9.15 Å². The SMILES string of the molecule is O=c1c(-c2ccccc2)coc2cc(OC/C=C/c3ccccc3)ccc12. The largest absolute Gasteiger partial charge is 0.489 e. The zero-order valence-electron chi connectivity index (χ0n) is 14.7. The summed E-state index contributed by atoms with van der Waals surface area (Å²) in [4.78, 5) is 12.7. The van der Waals surface area contributed by atoms with Crippen molar-refractivity contribution in [2.24, 2.45) is 0 Å². The summed E-state index contributed by atoms with van der Waals surface area (Å²) in [5.74, 6) is 0.663. The fourth-order valence-corrected chi connectivity index (χ4v) is 2.91. The van der Waals surface area contributed by atoms with Crippen molar-refractivity contribution in [2.45, 2.75) is 0 Å². The van der Waals surface area contributed by atoms with Crippen LogP contribution in [0.25, 0.3) is 28.2 Å². The third-order valence-corrected chi connectivity index (χ3v) is 4.29. The van der Waals surface area contributed by atoms with Gasteiger partial charge in [0, 0.05) is 6.07 Å². The molecule has 0 spiro atoms. The zero-order valence-corrected chi connectivity index (χ0v) is 14.7. The molecule has 3 aromatic carbocycles. The zero-order chi connectivity index (χ0) is 18.5. The van der Waals surface area contributed by atoms with E-state index in [1.165, 1.54) is 6.26 Å². The van der Waals surface area contributed by atoms with Crippen LogP contribution in [0.3, 0.4) is 0 Å². The molecule has 0 saturated heterocycles. The normalized spacial score (nSPS) is 11.1.